The van der Waals surface area contributed by atoms with Gasteiger partial charge in [-0.2, -0.15) is 15.2 Å². The lowest BCUT2D eigenvalue weighted by Crippen LogP contribution is -2.03. The van der Waals surface area contributed by atoms with Crippen LogP contribution in [0.3, 0.4) is 0 Å². The van der Waals surface area contributed by atoms with Gasteiger partial charge in [0.25, 0.3) is 0 Å². The summed E-state index contributed by atoms with van der Waals surface area (Å²) in [6.07, 6.45) is 0. The van der Waals surface area contributed by atoms with Crippen molar-refractivity contribution < 1.29 is 18.9 Å². The van der Waals surface area contributed by atoms with Crippen molar-refractivity contribution in [3.63, 3.8) is 0 Å². The lowest BCUT2D eigenvalue weighted by atomic mass is 9.92. The topological polar surface area (TPSA) is 90.9 Å². The first-order valence-corrected chi connectivity index (χ1v) is 11.8. The van der Waals surface area contributed by atoms with Crippen LogP contribution in [0, 0.1) is 31.8 Å². The molecule has 8 heteroatoms. The standard InChI is InChI=1S/C30H26N4O4/c1-19-22(17-37-27-14-12-21(16-31)29(33-27)35-4)8-6-10-24(19)25-11-7-9-23(20(25)2)18-38-28-15-13-26(32-3)30(34-28)36-5/h6-15H,17-18H2,1-2,4-5H3. The van der Waals surface area contributed by atoms with Gasteiger partial charge in [-0.15, -0.1) is 0 Å². The summed E-state index contributed by atoms with van der Waals surface area (Å²) in [6, 6.07) is 20.9. The Morgan fingerprint density at radius 3 is 1.79 bits per heavy atom. The summed E-state index contributed by atoms with van der Waals surface area (Å²) in [6.45, 7) is 12.0. The fourth-order valence-corrected chi connectivity index (χ4v) is 4.04. The van der Waals surface area contributed by atoms with Crippen LogP contribution in [0.2, 0.25) is 0 Å². The average Bonchev–Trinajstić information content (AvgIpc) is 2.95. The average molecular weight is 507 g/mol. The van der Waals surface area contributed by atoms with Crippen LogP contribution in [0.15, 0.2) is 60.7 Å². The highest BCUT2D eigenvalue weighted by molar-refractivity contribution is 5.72. The molecule has 2 aromatic carbocycles. The van der Waals surface area contributed by atoms with Gasteiger partial charge < -0.3 is 18.9 Å². The minimum Gasteiger partial charge on any atom is -0.490 e. The molecule has 0 aliphatic heterocycles. The molecular formula is C30H26N4O4. The third kappa shape index (κ3) is 5.50. The fourth-order valence-electron chi connectivity index (χ4n) is 4.04. The number of nitriles is 1. The SMILES string of the molecule is [C-]#[N+]c1ccc(OCc2cccc(-c3cccc(COc4ccc(C#N)c(OC)n4)c3C)c2C)nc1OC. The van der Waals surface area contributed by atoms with Gasteiger partial charge in [-0.1, -0.05) is 36.4 Å². The summed E-state index contributed by atoms with van der Waals surface area (Å²) in [5, 5.41) is 9.16. The van der Waals surface area contributed by atoms with E-state index in [1.165, 1.54) is 14.2 Å². The molecule has 190 valence electrons. The van der Waals surface area contributed by atoms with Gasteiger partial charge in [-0.3, -0.25) is 0 Å². The van der Waals surface area contributed by atoms with Crippen LogP contribution in [0.25, 0.3) is 16.0 Å². The Kier molecular flexibility index (Phi) is 8.05. The van der Waals surface area contributed by atoms with E-state index in [1.54, 1.807) is 24.3 Å². The second kappa shape index (κ2) is 11.8. The number of rotatable bonds is 9. The van der Waals surface area contributed by atoms with E-state index in [9.17, 15) is 0 Å². The van der Waals surface area contributed by atoms with Gasteiger partial charge in [0.2, 0.25) is 29.2 Å². The predicted octanol–water partition coefficient (Wildman–Crippen LogP) is 6.36. The Hall–Kier alpha value is -5.08. The van der Waals surface area contributed by atoms with Crippen molar-refractivity contribution in [2.75, 3.05) is 14.2 Å². The van der Waals surface area contributed by atoms with Crippen molar-refractivity contribution >= 4 is 5.69 Å². The Morgan fingerprint density at radius 2 is 1.29 bits per heavy atom. The third-order valence-electron chi connectivity index (χ3n) is 6.21. The van der Waals surface area contributed by atoms with E-state index in [0.717, 1.165) is 33.4 Å². The number of pyridine rings is 2. The number of hydrogen-bond donors (Lipinski definition) is 0. The lowest BCUT2D eigenvalue weighted by molar-refractivity contribution is 0.286. The predicted molar refractivity (Wildman–Crippen MR) is 143 cm³/mol. The van der Waals surface area contributed by atoms with E-state index in [-0.39, 0.29) is 11.8 Å². The van der Waals surface area contributed by atoms with Crippen molar-refractivity contribution in [2.24, 2.45) is 0 Å². The lowest BCUT2D eigenvalue weighted by Gasteiger charge is -2.17. The van der Waals surface area contributed by atoms with E-state index >= 15 is 0 Å². The number of aromatic nitrogens is 2. The zero-order chi connectivity index (χ0) is 27.1. The molecule has 2 aromatic heterocycles. The number of hydrogen-bond acceptors (Lipinski definition) is 7. The van der Waals surface area contributed by atoms with Crippen LogP contribution in [0.4, 0.5) is 5.69 Å². The van der Waals surface area contributed by atoms with Gasteiger partial charge in [0.1, 0.15) is 24.8 Å². The van der Waals surface area contributed by atoms with Crippen LogP contribution >= 0.6 is 0 Å². The molecule has 4 rings (SSSR count). The van der Waals surface area contributed by atoms with Crippen molar-refractivity contribution in [3.8, 4) is 40.7 Å². The molecule has 0 spiro atoms. The summed E-state index contributed by atoms with van der Waals surface area (Å²) in [5.74, 6) is 1.26. The molecule has 38 heavy (non-hydrogen) atoms. The van der Waals surface area contributed by atoms with Crippen LogP contribution in [-0.4, -0.2) is 24.2 Å². The normalized spacial score (nSPS) is 10.3. The Balaban J connectivity index is 1.53. The van der Waals surface area contributed by atoms with Gasteiger partial charge in [0.05, 0.1) is 20.8 Å². The molecule has 0 bridgehead atoms. The molecule has 0 saturated heterocycles. The zero-order valence-electron chi connectivity index (χ0n) is 21.6. The van der Waals surface area contributed by atoms with Crippen LogP contribution in [0.5, 0.6) is 23.5 Å². The van der Waals surface area contributed by atoms with Gasteiger partial charge in [0, 0.05) is 6.07 Å². The van der Waals surface area contributed by atoms with Crippen molar-refractivity contribution in [1.82, 2.24) is 9.97 Å². The number of nitrogens with zero attached hydrogens (tertiary/aromatic N) is 4. The Bertz CT molecular complexity index is 1440. The third-order valence-corrected chi connectivity index (χ3v) is 6.21. The first-order chi connectivity index (χ1) is 18.5. The molecule has 2 heterocycles. The van der Waals surface area contributed by atoms with Gasteiger partial charge in [0.15, 0.2) is 0 Å². The minimum atomic E-state index is 0.237. The van der Waals surface area contributed by atoms with Gasteiger partial charge >= 0.3 is 0 Å². The van der Waals surface area contributed by atoms with Gasteiger partial charge in [-0.25, -0.2) is 4.85 Å². The summed E-state index contributed by atoms with van der Waals surface area (Å²) in [5.41, 5.74) is 7.11. The minimum absolute atomic E-state index is 0.237. The van der Waals surface area contributed by atoms with Crippen molar-refractivity contribution in [2.45, 2.75) is 27.1 Å². The van der Waals surface area contributed by atoms with Gasteiger partial charge in [-0.05, 0) is 65.4 Å². The molecule has 0 saturated carbocycles. The van der Waals surface area contributed by atoms with E-state index in [2.05, 4.69) is 40.8 Å². The molecule has 0 amide bonds. The largest absolute Gasteiger partial charge is 0.490 e. The highest BCUT2D eigenvalue weighted by Crippen LogP contribution is 2.32. The van der Waals surface area contributed by atoms with Crippen LogP contribution in [-0.2, 0) is 13.2 Å². The zero-order valence-corrected chi connectivity index (χ0v) is 21.6. The number of benzene rings is 2. The molecule has 4 aromatic rings. The molecule has 0 atom stereocenters. The molecule has 0 aliphatic rings. The molecule has 8 nitrogen and oxygen atoms in total. The molecule has 0 aliphatic carbocycles. The molecule has 0 unspecified atom stereocenters. The van der Waals surface area contributed by atoms with E-state index < -0.39 is 0 Å². The fraction of sp³-hybridized carbons (Fsp3) is 0.200. The molecular weight excluding hydrogens is 480 g/mol. The maximum absolute atomic E-state index is 9.16. The smallest absolute Gasteiger partial charge is 0.247 e. The summed E-state index contributed by atoms with van der Waals surface area (Å²) < 4.78 is 22.2. The number of ether oxygens (including phenoxy) is 4. The van der Waals surface area contributed by atoms with Crippen LogP contribution in [0.1, 0.15) is 27.8 Å². The van der Waals surface area contributed by atoms with E-state index in [4.69, 9.17) is 30.8 Å². The second-order valence-electron chi connectivity index (χ2n) is 8.36. The molecule has 0 N–H and O–H groups in total. The monoisotopic (exact) mass is 506 g/mol. The second-order valence-corrected chi connectivity index (χ2v) is 8.36. The highest BCUT2D eigenvalue weighted by atomic mass is 16.5. The van der Waals surface area contributed by atoms with E-state index in [1.807, 2.05) is 30.3 Å². The maximum atomic E-state index is 9.16. The van der Waals surface area contributed by atoms with Crippen LogP contribution < -0.4 is 18.9 Å². The summed E-state index contributed by atoms with van der Waals surface area (Å²) in [7, 11) is 2.95. The Labute approximate surface area is 221 Å². The highest BCUT2D eigenvalue weighted by Gasteiger charge is 2.13. The number of methoxy groups -OCH3 is 2. The van der Waals surface area contributed by atoms with Crippen molar-refractivity contribution in [1.29, 1.82) is 5.26 Å². The molecule has 0 radical (unpaired) electrons. The quantitative estimate of drug-likeness (QED) is 0.244. The first-order valence-electron chi connectivity index (χ1n) is 11.8. The van der Waals surface area contributed by atoms with E-state index in [0.29, 0.717) is 36.2 Å². The Morgan fingerprint density at radius 1 is 0.763 bits per heavy atom. The summed E-state index contributed by atoms with van der Waals surface area (Å²) in [4.78, 5) is 11.9. The summed E-state index contributed by atoms with van der Waals surface area (Å²) >= 11 is 0. The first kappa shape index (κ1) is 26.0. The van der Waals surface area contributed by atoms with Crippen molar-refractivity contribution in [3.05, 3.63) is 99.9 Å². The molecule has 0 fully saturated rings. The maximum Gasteiger partial charge on any atom is 0.247 e.